The van der Waals surface area contributed by atoms with Crippen LogP contribution in [0.2, 0.25) is 0 Å². The number of nitrogens with one attached hydrogen (secondary N) is 1. The SMILES string of the molecule is O.c1cnc(NCC2CC2)nc1. The normalized spacial score (nSPS) is 15.0. The minimum absolute atomic E-state index is 0. The molecule has 2 rings (SSSR count). The molecule has 1 aromatic heterocycles. The van der Waals surface area contributed by atoms with E-state index < -0.39 is 0 Å². The Labute approximate surface area is 71.4 Å². The summed E-state index contributed by atoms with van der Waals surface area (Å²) in [5.41, 5.74) is 0. The van der Waals surface area contributed by atoms with Gasteiger partial charge >= 0.3 is 0 Å². The maximum Gasteiger partial charge on any atom is 0.222 e. The minimum atomic E-state index is 0. The second kappa shape index (κ2) is 4.01. The monoisotopic (exact) mass is 167 g/mol. The fourth-order valence-corrected chi connectivity index (χ4v) is 0.948. The highest BCUT2D eigenvalue weighted by Gasteiger charge is 2.20. The molecule has 4 heteroatoms. The summed E-state index contributed by atoms with van der Waals surface area (Å²) in [6, 6.07) is 1.82. The van der Waals surface area contributed by atoms with Gasteiger partial charge < -0.3 is 10.8 Å². The lowest BCUT2D eigenvalue weighted by Gasteiger charge is -2.00. The molecule has 0 bridgehead atoms. The Morgan fingerprint density at radius 2 is 2.00 bits per heavy atom. The summed E-state index contributed by atoms with van der Waals surface area (Å²) in [4.78, 5) is 8.11. The minimum Gasteiger partial charge on any atom is -0.412 e. The topological polar surface area (TPSA) is 69.3 Å². The van der Waals surface area contributed by atoms with E-state index in [1.165, 1.54) is 12.8 Å². The lowest BCUT2D eigenvalue weighted by atomic mass is 10.4. The van der Waals surface area contributed by atoms with Crippen LogP contribution in [0.1, 0.15) is 12.8 Å². The van der Waals surface area contributed by atoms with Gasteiger partial charge in [0.2, 0.25) is 5.95 Å². The molecule has 4 nitrogen and oxygen atoms in total. The summed E-state index contributed by atoms with van der Waals surface area (Å²) in [6.07, 6.45) is 6.23. The van der Waals surface area contributed by atoms with Crippen molar-refractivity contribution in [1.82, 2.24) is 9.97 Å². The molecule has 0 radical (unpaired) electrons. The largest absolute Gasteiger partial charge is 0.412 e. The molecule has 3 N–H and O–H groups in total. The van der Waals surface area contributed by atoms with Crippen LogP contribution in [-0.2, 0) is 0 Å². The Hall–Kier alpha value is -1.16. The molecule has 0 saturated heterocycles. The smallest absolute Gasteiger partial charge is 0.222 e. The predicted octanol–water partition coefficient (Wildman–Crippen LogP) is 0.474. The quantitative estimate of drug-likeness (QED) is 0.711. The van der Waals surface area contributed by atoms with E-state index in [9.17, 15) is 0 Å². The fourth-order valence-electron chi connectivity index (χ4n) is 0.948. The van der Waals surface area contributed by atoms with E-state index in [-0.39, 0.29) is 5.48 Å². The molecule has 12 heavy (non-hydrogen) atoms. The van der Waals surface area contributed by atoms with Gasteiger partial charge in [-0.25, -0.2) is 9.97 Å². The molecule has 1 aliphatic carbocycles. The number of nitrogens with zero attached hydrogens (tertiary/aromatic N) is 2. The van der Waals surface area contributed by atoms with Gasteiger partial charge in [0.25, 0.3) is 0 Å². The molecule has 1 aliphatic rings. The molecule has 0 aliphatic heterocycles. The molecule has 0 spiro atoms. The van der Waals surface area contributed by atoms with Crippen LogP contribution in [0, 0.1) is 5.92 Å². The highest BCUT2D eigenvalue weighted by Crippen LogP contribution is 2.28. The summed E-state index contributed by atoms with van der Waals surface area (Å²) in [5.74, 6) is 1.62. The van der Waals surface area contributed by atoms with Crippen LogP contribution < -0.4 is 5.32 Å². The molecule has 1 fully saturated rings. The van der Waals surface area contributed by atoms with Gasteiger partial charge in [0.15, 0.2) is 0 Å². The number of hydrogen-bond donors (Lipinski definition) is 1. The molecule has 1 saturated carbocycles. The van der Waals surface area contributed by atoms with E-state index in [2.05, 4.69) is 15.3 Å². The Bertz CT molecular complexity index is 223. The van der Waals surface area contributed by atoms with E-state index in [1.54, 1.807) is 12.4 Å². The van der Waals surface area contributed by atoms with Gasteiger partial charge in [0, 0.05) is 18.9 Å². The van der Waals surface area contributed by atoms with Crippen LogP contribution in [0.25, 0.3) is 0 Å². The molecule has 0 aromatic carbocycles. The Kier molecular flexibility index (Phi) is 2.99. The van der Waals surface area contributed by atoms with Crippen molar-refractivity contribution in [1.29, 1.82) is 0 Å². The Morgan fingerprint density at radius 3 is 2.58 bits per heavy atom. The van der Waals surface area contributed by atoms with Crippen molar-refractivity contribution in [3.05, 3.63) is 18.5 Å². The first-order valence-corrected chi connectivity index (χ1v) is 3.96. The highest BCUT2D eigenvalue weighted by molar-refractivity contribution is 5.22. The van der Waals surface area contributed by atoms with Crippen molar-refractivity contribution in [2.45, 2.75) is 12.8 Å². The summed E-state index contributed by atoms with van der Waals surface area (Å²) in [7, 11) is 0. The van der Waals surface area contributed by atoms with Crippen molar-refractivity contribution in [2.75, 3.05) is 11.9 Å². The summed E-state index contributed by atoms with van der Waals surface area (Å²) < 4.78 is 0. The summed E-state index contributed by atoms with van der Waals surface area (Å²) >= 11 is 0. The third-order valence-corrected chi connectivity index (χ3v) is 1.81. The van der Waals surface area contributed by atoms with Crippen LogP contribution >= 0.6 is 0 Å². The van der Waals surface area contributed by atoms with Gasteiger partial charge in [-0.15, -0.1) is 0 Å². The van der Waals surface area contributed by atoms with Gasteiger partial charge in [-0.1, -0.05) is 0 Å². The van der Waals surface area contributed by atoms with Crippen LogP contribution in [0.4, 0.5) is 5.95 Å². The van der Waals surface area contributed by atoms with Gasteiger partial charge in [0.1, 0.15) is 0 Å². The highest BCUT2D eigenvalue weighted by atomic mass is 16.0. The molecule has 1 aromatic rings. The molecular formula is C8H13N3O. The van der Waals surface area contributed by atoms with Crippen molar-refractivity contribution in [2.24, 2.45) is 5.92 Å². The lowest BCUT2D eigenvalue weighted by Crippen LogP contribution is -2.05. The average molecular weight is 167 g/mol. The van der Waals surface area contributed by atoms with Crippen LogP contribution in [0.5, 0.6) is 0 Å². The van der Waals surface area contributed by atoms with Crippen molar-refractivity contribution >= 4 is 5.95 Å². The van der Waals surface area contributed by atoms with E-state index >= 15 is 0 Å². The van der Waals surface area contributed by atoms with Gasteiger partial charge in [-0.3, -0.25) is 0 Å². The first-order valence-electron chi connectivity index (χ1n) is 3.96. The Morgan fingerprint density at radius 1 is 1.33 bits per heavy atom. The van der Waals surface area contributed by atoms with Crippen LogP contribution in [-0.4, -0.2) is 22.0 Å². The van der Waals surface area contributed by atoms with Gasteiger partial charge in [-0.2, -0.15) is 0 Å². The van der Waals surface area contributed by atoms with E-state index in [1.807, 2.05) is 6.07 Å². The first kappa shape index (κ1) is 8.93. The van der Waals surface area contributed by atoms with Gasteiger partial charge in [0.05, 0.1) is 0 Å². The fraction of sp³-hybridized carbons (Fsp3) is 0.500. The van der Waals surface area contributed by atoms with E-state index in [4.69, 9.17) is 0 Å². The van der Waals surface area contributed by atoms with E-state index in [0.29, 0.717) is 0 Å². The van der Waals surface area contributed by atoms with Crippen molar-refractivity contribution in [3.63, 3.8) is 0 Å². The molecule has 0 unspecified atom stereocenters. The average Bonchev–Trinajstić information content (AvgIpc) is 2.86. The number of anilines is 1. The third-order valence-electron chi connectivity index (χ3n) is 1.81. The maximum absolute atomic E-state index is 4.06. The molecule has 0 atom stereocenters. The second-order valence-electron chi connectivity index (χ2n) is 2.90. The summed E-state index contributed by atoms with van der Waals surface area (Å²) in [6.45, 7) is 1.03. The number of rotatable bonds is 3. The second-order valence-corrected chi connectivity index (χ2v) is 2.90. The number of hydrogen-bond acceptors (Lipinski definition) is 3. The lowest BCUT2D eigenvalue weighted by molar-refractivity contribution is 0.824. The number of aromatic nitrogens is 2. The Balaban J connectivity index is 0.000000720. The van der Waals surface area contributed by atoms with E-state index in [0.717, 1.165) is 18.4 Å². The molecule has 66 valence electrons. The van der Waals surface area contributed by atoms with Crippen LogP contribution in [0.3, 0.4) is 0 Å². The zero-order valence-corrected chi connectivity index (χ0v) is 6.83. The summed E-state index contributed by atoms with van der Waals surface area (Å²) in [5, 5.41) is 3.18. The van der Waals surface area contributed by atoms with Crippen molar-refractivity contribution < 1.29 is 5.48 Å². The third kappa shape index (κ3) is 2.47. The molecule has 0 amide bonds. The zero-order valence-electron chi connectivity index (χ0n) is 6.83. The zero-order chi connectivity index (χ0) is 7.52. The van der Waals surface area contributed by atoms with Crippen LogP contribution in [0.15, 0.2) is 18.5 Å². The maximum atomic E-state index is 4.06. The molecular weight excluding hydrogens is 154 g/mol. The van der Waals surface area contributed by atoms with Gasteiger partial charge in [-0.05, 0) is 24.8 Å². The predicted molar refractivity (Wildman–Crippen MR) is 46.9 cm³/mol. The van der Waals surface area contributed by atoms with Crippen molar-refractivity contribution in [3.8, 4) is 0 Å². The molecule has 1 heterocycles. The first-order chi connectivity index (χ1) is 5.45. The standard InChI is InChI=1S/C8H11N3.H2O/c1-4-9-8(10-5-1)11-6-7-2-3-7;/h1,4-5,7H,2-3,6H2,(H,9,10,11);1H2.